The molecular formula is C40H37BrN2O5S. The van der Waals surface area contributed by atoms with Crippen molar-refractivity contribution in [1.29, 1.82) is 0 Å². The Kier molecular flexibility index (Phi) is 11.4. The van der Waals surface area contributed by atoms with Crippen LogP contribution in [0.2, 0.25) is 0 Å². The van der Waals surface area contributed by atoms with Crippen LogP contribution < -0.4 is 14.8 Å². The van der Waals surface area contributed by atoms with E-state index in [1.165, 1.54) is 0 Å². The van der Waals surface area contributed by atoms with Gasteiger partial charge in [0.25, 0.3) is 5.91 Å². The number of hydrogen-bond donors (Lipinski definition) is 2. The number of nitrogens with one attached hydrogen (secondary N) is 1. The number of aliphatic hydroxyl groups is 1. The van der Waals surface area contributed by atoms with Crippen LogP contribution in [-0.4, -0.2) is 42.8 Å². The van der Waals surface area contributed by atoms with Crippen molar-refractivity contribution >= 4 is 39.5 Å². The van der Waals surface area contributed by atoms with Crippen LogP contribution in [0.15, 0.2) is 147 Å². The number of methoxy groups -OCH3 is 1. The van der Waals surface area contributed by atoms with Crippen LogP contribution in [0.4, 0.5) is 0 Å². The van der Waals surface area contributed by atoms with E-state index in [9.17, 15) is 4.79 Å². The Labute approximate surface area is 299 Å². The van der Waals surface area contributed by atoms with Crippen LogP contribution in [0, 0.1) is 0 Å². The molecule has 0 fully saturated rings. The van der Waals surface area contributed by atoms with Gasteiger partial charge in [-0.2, -0.15) is 0 Å². The first-order valence-electron chi connectivity index (χ1n) is 16.1. The molecule has 9 heteroatoms. The molecule has 0 aromatic heterocycles. The lowest BCUT2D eigenvalue weighted by Crippen LogP contribution is -2.49. The number of ether oxygens (including phenoxy) is 3. The van der Waals surface area contributed by atoms with E-state index in [0.717, 1.165) is 36.5 Å². The molecule has 5 aromatic carbocycles. The highest BCUT2D eigenvalue weighted by atomic mass is 79.9. The summed E-state index contributed by atoms with van der Waals surface area (Å²) in [5, 5.41) is 12.4. The lowest BCUT2D eigenvalue weighted by molar-refractivity contribution is -0.129. The fourth-order valence-corrected chi connectivity index (χ4v) is 6.92. The van der Waals surface area contributed by atoms with Crippen LogP contribution >= 0.6 is 27.7 Å². The highest BCUT2D eigenvalue weighted by molar-refractivity contribution is 9.10. The van der Waals surface area contributed by atoms with E-state index >= 15 is 0 Å². The lowest BCUT2D eigenvalue weighted by atomic mass is 9.82. The third-order valence-corrected chi connectivity index (χ3v) is 9.85. The standard InChI is InChI=1S/C40H37BrN2O5S/c1-46-34-11-7-10-30(25-34)37-40(26-28-15-19-32(41)20-16-28,43-38(48-37)29-17-21-33(22-18-29)47-24-8-23-44)39(45)42-27-31-9-5-6-14-36(31)49-35-12-3-2-4-13-35/h2-7,9-22,25,37,44H,8,23-24,26-27H2,1H3,(H,42,45)/t37-,40-/m1/s1. The number of hydrogen-bond acceptors (Lipinski definition) is 7. The molecule has 49 heavy (non-hydrogen) atoms. The molecule has 1 aliphatic heterocycles. The van der Waals surface area contributed by atoms with E-state index in [2.05, 4.69) is 39.4 Å². The Morgan fingerprint density at radius 3 is 2.43 bits per heavy atom. The largest absolute Gasteiger partial charge is 0.497 e. The number of aliphatic hydroxyl groups excluding tert-OH is 1. The Morgan fingerprint density at radius 2 is 1.67 bits per heavy atom. The third kappa shape index (κ3) is 8.36. The predicted octanol–water partition coefficient (Wildman–Crippen LogP) is 8.19. The van der Waals surface area contributed by atoms with Gasteiger partial charge in [0.2, 0.25) is 5.90 Å². The van der Waals surface area contributed by atoms with Gasteiger partial charge in [-0.15, -0.1) is 0 Å². The SMILES string of the molecule is COc1cccc([C@H]2OC(c3ccc(OCCCO)cc3)=N[C@@]2(Cc2ccc(Br)cc2)C(=O)NCc2ccccc2Sc2ccccc2)c1. The molecule has 6 rings (SSSR count). The van der Waals surface area contributed by atoms with E-state index in [-0.39, 0.29) is 12.5 Å². The summed E-state index contributed by atoms with van der Waals surface area (Å²) in [5.74, 6) is 1.44. The number of aliphatic imine (C=N–C) groups is 1. The summed E-state index contributed by atoms with van der Waals surface area (Å²) >= 11 is 5.20. The molecule has 1 aliphatic rings. The minimum Gasteiger partial charge on any atom is -0.497 e. The molecule has 1 amide bonds. The van der Waals surface area contributed by atoms with Gasteiger partial charge in [-0.3, -0.25) is 4.79 Å². The first-order chi connectivity index (χ1) is 24.0. The molecular weight excluding hydrogens is 700 g/mol. The Hall–Kier alpha value is -4.57. The maximum absolute atomic E-state index is 14.8. The normalized spacial score (nSPS) is 16.8. The second-order valence-electron chi connectivity index (χ2n) is 11.6. The van der Waals surface area contributed by atoms with Crippen molar-refractivity contribution in [2.24, 2.45) is 4.99 Å². The van der Waals surface area contributed by atoms with Crippen molar-refractivity contribution in [1.82, 2.24) is 5.32 Å². The number of carbonyl (C=O) groups excluding carboxylic acids is 1. The zero-order valence-electron chi connectivity index (χ0n) is 27.1. The number of benzene rings is 5. The second kappa shape index (κ2) is 16.2. The van der Waals surface area contributed by atoms with E-state index < -0.39 is 11.6 Å². The van der Waals surface area contributed by atoms with Gasteiger partial charge in [0.05, 0.1) is 13.7 Å². The fourth-order valence-electron chi connectivity index (χ4n) is 5.69. The summed E-state index contributed by atoms with van der Waals surface area (Å²) in [6.45, 7) is 0.787. The number of carbonyl (C=O) groups is 1. The lowest BCUT2D eigenvalue weighted by Gasteiger charge is -2.31. The third-order valence-electron chi connectivity index (χ3n) is 8.20. The van der Waals surface area contributed by atoms with E-state index in [1.54, 1.807) is 18.9 Å². The molecule has 0 bridgehead atoms. The number of halogens is 1. The Morgan fingerprint density at radius 1 is 0.918 bits per heavy atom. The van der Waals surface area contributed by atoms with Gasteiger partial charge in [0.15, 0.2) is 11.6 Å². The molecule has 0 aliphatic carbocycles. The van der Waals surface area contributed by atoms with Crippen molar-refractivity contribution in [3.8, 4) is 11.5 Å². The molecule has 0 saturated carbocycles. The van der Waals surface area contributed by atoms with Gasteiger partial charge < -0.3 is 24.6 Å². The van der Waals surface area contributed by atoms with Crippen LogP contribution in [0.3, 0.4) is 0 Å². The number of amides is 1. The smallest absolute Gasteiger partial charge is 0.252 e. The monoisotopic (exact) mass is 736 g/mol. The van der Waals surface area contributed by atoms with E-state index in [0.29, 0.717) is 43.4 Å². The quantitative estimate of drug-likeness (QED) is 0.112. The number of rotatable bonds is 14. The summed E-state index contributed by atoms with van der Waals surface area (Å²) < 4.78 is 19.0. The average Bonchev–Trinajstić information content (AvgIpc) is 3.53. The molecule has 0 unspecified atom stereocenters. The summed E-state index contributed by atoms with van der Waals surface area (Å²) in [4.78, 5) is 22.2. The van der Waals surface area contributed by atoms with Crippen molar-refractivity contribution in [2.75, 3.05) is 20.3 Å². The summed E-state index contributed by atoms with van der Waals surface area (Å²) in [6, 6.07) is 41.3. The van der Waals surface area contributed by atoms with Crippen LogP contribution in [0.1, 0.15) is 34.8 Å². The predicted molar refractivity (Wildman–Crippen MR) is 196 cm³/mol. The zero-order valence-corrected chi connectivity index (χ0v) is 29.5. The van der Waals surface area contributed by atoms with Gasteiger partial charge >= 0.3 is 0 Å². The second-order valence-corrected chi connectivity index (χ2v) is 13.6. The molecule has 0 radical (unpaired) electrons. The minimum absolute atomic E-state index is 0.0638. The molecule has 2 atom stereocenters. The van der Waals surface area contributed by atoms with Crippen molar-refractivity contribution in [2.45, 2.75) is 40.8 Å². The molecule has 250 valence electrons. The van der Waals surface area contributed by atoms with Crippen molar-refractivity contribution in [3.63, 3.8) is 0 Å². The van der Waals surface area contributed by atoms with Crippen LogP contribution in [0.25, 0.3) is 0 Å². The molecule has 1 heterocycles. The molecule has 5 aromatic rings. The Balaban J connectivity index is 1.38. The summed E-state index contributed by atoms with van der Waals surface area (Å²) in [6.07, 6.45) is 0.0824. The van der Waals surface area contributed by atoms with Gasteiger partial charge in [-0.1, -0.05) is 88.4 Å². The number of nitrogens with zero attached hydrogens (tertiary/aromatic N) is 1. The first-order valence-corrected chi connectivity index (χ1v) is 17.7. The Bertz CT molecular complexity index is 1890. The maximum Gasteiger partial charge on any atom is 0.252 e. The highest BCUT2D eigenvalue weighted by Crippen LogP contribution is 2.43. The topological polar surface area (TPSA) is 89.4 Å². The van der Waals surface area contributed by atoms with Crippen LogP contribution in [-0.2, 0) is 22.5 Å². The van der Waals surface area contributed by atoms with E-state index in [4.69, 9.17) is 24.3 Å². The summed E-state index contributed by atoms with van der Waals surface area (Å²) in [7, 11) is 1.62. The van der Waals surface area contributed by atoms with Crippen LogP contribution in [0.5, 0.6) is 11.5 Å². The van der Waals surface area contributed by atoms with Crippen molar-refractivity contribution in [3.05, 3.63) is 154 Å². The highest BCUT2D eigenvalue weighted by Gasteiger charge is 2.53. The average molecular weight is 738 g/mol. The van der Waals surface area contributed by atoms with Gasteiger partial charge in [0.1, 0.15) is 11.5 Å². The van der Waals surface area contributed by atoms with Crippen molar-refractivity contribution < 1.29 is 24.1 Å². The minimum atomic E-state index is -1.35. The fraction of sp³-hybridized carbons (Fsp3) is 0.200. The maximum atomic E-state index is 14.8. The zero-order chi connectivity index (χ0) is 34.1. The summed E-state index contributed by atoms with van der Waals surface area (Å²) in [5.41, 5.74) is 2.08. The van der Waals surface area contributed by atoms with Gasteiger partial charge in [-0.05, 0) is 83.4 Å². The van der Waals surface area contributed by atoms with E-state index in [1.807, 2.05) is 109 Å². The van der Waals surface area contributed by atoms with Gasteiger partial charge in [-0.25, -0.2) is 4.99 Å². The molecule has 7 nitrogen and oxygen atoms in total. The first kappa shape index (κ1) is 34.3. The molecule has 0 spiro atoms. The molecule has 0 saturated heterocycles. The molecule has 2 N–H and O–H groups in total. The van der Waals surface area contributed by atoms with Gasteiger partial charge in [0, 0.05) is 45.8 Å².